The average Bonchev–Trinajstić information content (AvgIpc) is 2.99. The highest BCUT2D eigenvalue weighted by atomic mass is 35.5. The Kier molecular flexibility index (Phi) is 3.94. The van der Waals surface area contributed by atoms with Crippen molar-refractivity contribution >= 4 is 23.7 Å². The number of aromatic nitrogens is 3. The van der Waals surface area contributed by atoms with Crippen LogP contribution in [0.15, 0.2) is 4.52 Å². The van der Waals surface area contributed by atoms with E-state index in [4.69, 9.17) is 10.3 Å². The molecule has 2 aromatic rings. The smallest absolute Gasteiger partial charge is 0.269 e. The second kappa shape index (κ2) is 5.19. The molecule has 0 atom stereocenters. The molecule has 19 heavy (non-hydrogen) atoms. The van der Waals surface area contributed by atoms with Crippen LogP contribution in [0.5, 0.6) is 0 Å². The number of hydrogen-bond acceptors (Lipinski definition) is 6. The largest absolute Gasteiger partial charge is 0.333 e. The fraction of sp³-hybridized carbons (Fsp3) is 0.583. The van der Waals surface area contributed by atoms with Crippen LogP contribution in [0.4, 0.5) is 0 Å². The summed E-state index contributed by atoms with van der Waals surface area (Å²) in [6.07, 6.45) is 4.15. The van der Waals surface area contributed by atoms with Crippen LogP contribution >= 0.6 is 23.7 Å². The van der Waals surface area contributed by atoms with Gasteiger partial charge in [0.25, 0.3) is 5.89 Å². The second-order valence-corrected chi connectivity index (χ2v) is 6.14. The van der Waals surface area contributed by atoms with Crippen molar-refractivity contribution < 1.29 is 4.52 Å². The molecular weight excluding hydrogens is 284 g/mol. The minimum absolute atomic E-state index is 0. The predicted octanol–water partition coefficient (Wildman–Crippen LogP) is 2.96. The van der Waals surface area contributed by atoms with Crippen molar-refractivity contribution in [3.8, 4) is 10.8 Å². The van der Waals surface area contributed by atoms with Crippen molar-refractivity contribution in [1.29, 1.82) is 0 Å². The lowest BCUT2D eigenvalue weighted by molar-refractivity contribution is 0.373. The SMILES string of the molecule is Cc1nc(C)c(-c2nc(C3(N)CCCC3)no2)s1.Cl. The molecular formula is C12H17ClN4OS. The van der Waals surface area contributed by atoms with Crippen LogP contribution in [0.3, 0.4) is 0 Å². The molecule has 5 nitrogen and oxygen atoms in total. The summed E-state index contributed by atoms with van der Waals surface area (Å²) >= 11 is 1.57. The lowest BCUT2D eigenvalue weighted by atomic mass is 9.99. The summed E-state index contributed by atoms with van der Waals surface area (Å²) in [5.41, 5.74) is 6.86. The van der Waals surface area contributed by atoms with E-state index in [0.717, 1.165) is 41.3 Å². The van der Waals surface area contributed by atoms with E-state index in [2.05, 4.69) is 15.1 Å². The van der Waals surface area contributed by atoms with Crippen LogP contribution in [-0.4, -0.2) is 15.1 Å². The van der Waals surface area contributed by atoms with Gasteiger partial charge >= 0.3 is 0 Å². The molecule has 0 unspecified atom stereocenters. The molecule has 1 fully saturated rings. The van der Waals surface area contributed by atoms with Crippen molar-refractivity contribution in [2.75, 3.05) is 0 Å². The van der Waals surface area contributed by atoms with Gasteiger partial charge in [0.05, 0.1) is 16.2 Å². The van der Waals surface area contributed by atoms with Gasteiger partial charge in [-0.15, -0.1) is 23.7 Å². The molecule has 2 heterocycles. The van der Waals surface area contributed by atoms with Crippen LogP contribution in [0.2, 0.25) is 0 Å². The highest BCUT2D eigenvalue weighted by Crippen LogP contribution is 2.36. The van der Waals surface area contributed by atoms with Crippen LogP contribution in [0.1, 0.15) is 42.2 Å². The predicted molar refractivity (Wildman–Crippen MR) is 76.5 cm³/mol. The molecule has 1 aliphatic carbocycles. The van der Waals surface area contributed by atoms with E-state index >= 15 is 0 Å². The number of aryl methyl sites for hydroxylation is 2. The van der Waals surface area contributed by atoms with Crippen LogP contribution in [0.25, 0.3) is 10.8 Å². The van der Waals surface area contributed by atoms with E-state index in [1.54, 1.807) is 11.3 Å². The average molecular weight is 301 g/mol. The Balaban J connectivity index is 0.00000133. The number of nitrogens with zero attached hydrogens (tertiary/aromatic N) is 3. The topological polar surface area (TPSA) is 77.8 Å². The van der Waals surface area contributed by atoms with Gasteiger partial charge < -0.3 is 10.3 Å². The summed E-state index contributed by atoms with van der Waals surface area (Å²) in [6.45, 7) is 3.93. The Morgan fingerprint density at radius 3 is 2.47 bits per heavy atom. The molecule has 2 N–H and O–H groups in total. The molecule has 0 aromatic carbocycles. The molecule has 7 heteroatoms. The molecule has 3 rings (SSSR count). The molecule has 1 saturated carbocycles. The summed E-state index contributed by atoms with van der Waals surface area (Å²) in [5.74, 6) is 1.19. The zero-order valence-corrected chi connectivity index (χ0v) is 12.6. The second-order valence-electron chi connectivity index (χ2n) is 4.93. The first-order chi connectivity index (χ1) is 8.58. The highest BCUT2D eigenvalue weighted by molar-refractivity contribution is 7.15. The summed E-state index contributed by atoms with van der Waals surface area (Å²) < 4.78 is 5.35. The van der Waals surface area contributed by atoms with Crippen molar-refractivity contribution in [2.24, 2.45) is 5.73 Å². The lowest BCUT2D eigenvalue weighted by Gasteiger charge is -2.17. The fourth-order valence-corrected chi connectivity index (χ4v) is 3.32. The Bertz CT molecular complexity index is 574. The molecule has 0 radical (unpaired) electrons. The zero-order valence-electron chi connectivity index (χ0n) is 11.0. The third-order valence-corrected chi connectivity index (χ3v) is 4.53. The van der Waals surface area contributed by atoms with E-state index in [1.165, 1.54) is 0 Å². The first kappa shape index (κ1) is 14.4. The maximum Gasteiger partial charge on any atom is 0.269 e. The van der Waals surface area contributed by atoms with E-state index in [1.807, 2.05) is 13.8 Å². The lowest BCUT2D eigenvalue weighted by Crippen LogP contribution is -2.34. The summed E-state index contributed by atoms with van der Waals surface area (Å²) in [7, 11) is 0. The van der Waals surface area contributed by atoms with Crippen molar-refractivity contribution in [1.82, 2.24) is 15.1 Å². The molecule has 0 aliphatic heterocycles. The fourth-order valence-electron chi connectivity index (χ4n) is 2.48. The van der Waals surface area contributed by atoms with Gasteiger partial charge in [0.2, 0.25) is 0 Å². The monoisotopic (exact) mass is 300 g/mol. The molecule has 0 amide bonds. The molecule has 1 aliphatic rings. The summed E-state index contributed by atoms with van der Waals surface area (Å²) in [5, 5.41) is 5.07. The van der Waals surface area contributed by atoms with E-state index in [9.17, 15) is 0 Å². The third-order valence-electron chi connectivity index (χ3n) is 3.46. The van der Waals surface area contributed by atoms with Crippen molar-refractivity contribution in [3.63, 3.8) is 0 Å². The van der Waals surface area contributed by atoms with E-state index < -0.39 is 5.54 Å². The quantitative estimate of drug-likeness (QED) is 0.922. The van der Waals surface area contributed by atoms with Gasteiger partial charge in [0, 0.05) is 0 Å². The van der Waals surface area contributed by atoms with Gasteiger partial charge in [-0.3, -0.25) is 0 Å². The Morgan fingerprint density at radius 2 is 1.89 bits per heavy atom. The van der Waals surface area contributed by atoms with Gasteiger partial charge in [0.15, 0.2) is 5.82 Å². The minimum Gasteiger partial charge on any atom is -0.333 e. The van der Waals surface area contributed by atoms with Crippen molar-refractivity contribution in [3.05, 3.63) is 16.5 Å². The molecule has 0 saturated heterocycles. The Hall–Kier alpha value is -0.980. The third kappa shape index (κ3) is 2.52. The normalized spacial score (nSPS) is 17.4. The standard InChI is InChI=1S/C12H16N4OS.ClH/c1-7-9(18-8(2)14-7)10-15-11(16-17-10)12(13)5-3-4-6-12;/h3-6,13H2,1-2H3;1H. The number of thiazole rings is 1. The first-order valence-corrected chi connectivity index (χ1v) is 6.98. The minimum atomic E-state index is -0.393. The van der Waals surface area contributed by atoms with Gasteiger partial charge in [-0.2, -0.15) is 4.98 Å². The number of hydrogen-bond donors (Lipinski definition) is 1. The van der Waals surface area contributed by atoms with Crippen LogP contribution in [-0.2, 0) is 5.54 Å². The molecule has 0 bridgehead atoms. The first-order valence-electron chi connectivity index (χ1n) is 6.16. The van der Waals surface area contributed by atoms with Crippen LogP contribution < -0.4 is 5.73 Å². The molecule has 2 aromatic heterocycles. The Morgan fingerprint density at radius 1 is 1.21 bits per heavy atom. The van der Waals surface area contributed by atoms with Crippen LogP contribution in [0, 0.1) is 13.8 Å². The number of rotatable bonds is 2. The van der Waals surface area contributed by atoms with Gasteiger partial charge in [-0.05, 0) is 26.7 Å². The molecule has 0 spiro atoms. The summed E-state index contributed by atoms with van der Waals surface area (Å²) in [6, 6.07) is 0. The number of halogens is 1. The highest BCUT2D eigenvalue weighted by Gasteiger charge is 2.36. The van der Waals surface area contributed by atoms with E-state index in [0.29, 0.717) is 11.7 Å². The van der Waals surface area contributed by atoms with Gasteiger partial charge in [-0.1, -0.05) is 18.0 Å². The van der Waals surface area contributed by atoms with Gasteiger partial charge in [-0.25, -0.2) is 4.98 Å². The van der Waals surface area contributed by atoms with Gasteiger partial charge in [0.1, 0.15) is 4.88 Å². The maximum atomic E-state index is 6.32. The number of nitrogens with two attached hydrogens (primary N) is 1. The summed E-state index contributed by atoms with van der Waals surface area (Å²) in [4.78, 5) is 9.80. The molecule has 104 valence electrons. The van der Waals surface area contributed by atoms with Crippen molar-refractivity contribution in [2.45, 2.75) is 45.1 Å². The maximum absolute atomic E-state index is 6.32. The zero-order chi connectivity index (χ0) is 12.8. The Labute approximate surface area is 122 Å². The van der Waals surface area contributed by atoms with E-state index in [-0.39, 0.29) is 12.4 Å².